The van der Waals surface area contributed by atoms with Gasteiger partial charge in [-0.1, -0.05) is 19.3 Å². The summed E-state index contributed by atoms with van der Waals surface area (Å²) in [6.07, 6.45) is 7.88. The first-order valence-electron chi connectivity index (χ1n) is 11.5. The first kappa shape index (κ1) is 26.3. The highest BCUT2D eigenvalue weighted by molar-refractivity contribution is 5.83. The number of hydrogen-bond acceptors (Lipinski definition) is 6. The number of unbranched alkanes of at least 4 members (excludes halogenated alkanes) is 3. The lowest BCUT2D eigenvalue weighted by atomic mass is 10.00. The summed E-state index contributed by atoms with van der Waals surface area (Å²) >= 11 is 0. The number of nitrogens with one attached hydrogen (secondary N) is 3. The van der Waals surface area contributed by atoms with Gasteiger partial charge in [-0.05, 0) is 58.2 Å². The Balaban J connectivity index is 2.86. The molecule has 0 radical (unpaired) electrons. The van der Waals surface area contributed by atoms with E-state index in [0.717, 1.165) is 38.5 Å². The van der Waals surface area contributed by atoms with Gasteiger partial charge in [0, 0.05) is 37.4 Å². The Hall–Kier alpha value is -1.71. The van der Waals surface area contributed by atoms with Gasteiger partial charge in [0.15, 0.2) is 0 Å². The van der Waals surface area contributed by atoms with Crippen molar-refractivity contribution in [2.75, 3.05) is 19.6 Å². The van der Waals surface area contributed by atoms with Crippen molar-refractivity contribution < 1.29 is 14.4 Å². The first-order chi connectivity index (χ1) is 14.5. The van der Waals surface area contributed by atoms with E-state index in [-0.39, 0.29) is 55.1 Å². The highest BCUT2D eigenvalue weighted by Gasteiger charge is 2.25. The van der Waals surface area contributed by atoms with Crippen molar-refractivity contribution in [2.45, 2.75) is 95.2 Å². The predicted molar refractivity (Wildman–Crippen MR) is 118 cm³/mol. The molecule has 0 aliphatic carbocycles. The highest BCUT2D eigenvalue weighted by Crippen LogP contribution is 2.12. The van der Waals surface area contributed by atoms with Gasteiger partial charge in [0.25, 0.3) is 0 Å². The number of amides is 3. The molecule has 0 aromatic rings. The van der Waals surface area contributed by atoms with Crippen LogP contribution in [0.5, 0.6) is 0 Å². The third-order valence-corrected chi connectivity index (χ3v) is 5.41. The summed E-state index contributed by atoms with van der Waals surface area (Å²) in [5.41, 5.74) is 16.7. The minimum absolute atomic E-state index is 0.140. The fourth-order valence-electron chi connectivity index (χ4n) is 3.81. The van der Waals surface area contributed by atoms with E-state index in [0.29, 0.717) is 38.9 Å². The normalized spacial score (nSPS) is 23.7. The molecule has 3 atom stereocenters. The molecule has 9 heteroatoms. The summed E-state index contributed by atoms with van der Waals surface area (Å²) in [6.45, 7) is 1.77. The Kier molecular flexibility index (Phi) is 14.1. The fraction of sp³-hybridized carbons (Fsp3) is 0.857. The van der Waals surface area contributed by atoms with E-state index in [9.17, 15) is 14.4 Å². The molecule has 9 nitrogen and oxygen atoms in total. The van der Waals surface area contributed by atoms with Crippen LogP contribution in [0.2, 0.25) is 0 Å². The largest absolute Gasteiger partial charge is 0.353 e. The zero-order valence-electron chi connectivity index (χ0n) is 18.3. The predicted octanol–water partition coefficient (Wildman–Crippen LogP) is 0.0117. The van der Waals surface area contributed by atoms with Crippen molar-refractivity contribution in [2.24, 2.45) is 17.2 Å². The molecular formula is C21H42N6O3. The molecule has 0 saturated carbocycles. The standard InChI is InChI=1S/C21H42N6O3/c22-10-4-1-7-16-13-19(28)26-18(9-3-6-12-24)15-21(30)27-17(8-2-5-11-23)14-20(29)25-16/h16-18H,1-15,22-24H2,(H,25,29)(H,26,28)(H,27,30). The zero-order valence-corrected chi connectivity index (χ0v) is 18.3. The molecule has 0 aromatic carbocycles. The van der Waals surface area contributed by atoms with Crippen LogP contribution in [-0.2, 0) is 14.4 Å². The maximum Gasteiger partial charge on any atom is 0.222 e. The molecule has 3 unspecified atom stereocenters. The van der Waals surface area contributed by atoms with Gasteiger partial charge >= 0.3 is 0 Å². The molecule has 174 valence electrons. The van der Waals surface area contributed by atoms with Crippen LogP contribution in [0, 0.1) is 0 Å². The summed E-state index contributed by atoms with van der Waals surface area (Å²) < 4.78 is 0. The Bertz CT molecular complexity index is 422. The number of nitrogens with two attached hydrogens (primary N) is 3. The quantitative estimate of drug-likeness (QED) is 0.241. The average Bonchev–Trinajstić information content (AvgIpc) is 2.67. The molecule has 30 heavy (non-hydrogen) atoms. The van der Waals surface area contributed by atoms with Crippen LogP contribution in [0.3, 0.4) is 0 Å². The van der Waals surface area contributed by atoms with Gasteiger partial charge in [-0.25, -0.2) is 0 Å². The van der Waals surface area contributed by atoms with Crippen molar-refractivity contribution in [3.05, 3.63) is 0 Å². The maximum atomic E-state index is 12.6. The summed E-state index contributed by atoms with van der Waals surface area (Å²) in [5, 5.41) is 8.98. The van der Waals surface area contributed by atoms with Crippen LogP contribution in [-0.4, -0.2) is 55.5 Å². The first-order valence-corrected chi connectivity index (χ1v) is 11.5. The third-order valence-electron chi connectivity index (χ3n) is 5.41. The molecule has 1 fully saturated rings. The van der Waals surface area contributed by atoms with Gasteiger partial charge in [-0.2, -0.15) is 0 Å². The molecule has 0 spiro atoms. The number of rotatable bonds is 12. The Morgan fingerprint density at radius 1 is 0.533 bits per heavy atom. The lowest BCUT2D eigenvalue weighted by Crippen LogP contribution is -2.48. The molecular weight excluding hydrogens is 384 g/mol. The van der Waals surface area contributed by atoms with E-state index in [1.165, 1.54) is 0 Å². The third kappa shape index (κ3) is 12.1. The van der Waals surface area contributed by atoms with Crippen LogP contribution in [0.15, 0.2) is 0 Å². The van der Waals surface area contributed by atoms with Crippen LogP contribution in [0.4, 0.5) is 0 Å². The van der Waals surface area contributed by atoms with Crippen molar-refractivity contribution in [3.63, 3.8) is 0 Å². The monoisotopic (exact) mass is 426 g/mol. The SMILES string of the molecule is NCCCCC1CC(=O)NC(CCCCN)CC(=O)NC(CCCCN)CC(=O)N1. The molecule has 9 N–H and O–H groups in total. The van der Waals surface area contributed by atoms with E-state index in [2.05, 4.69) is 16.0 Å². The summed E-state index contributed by atoms with van der Waals surface area (Å²) in [7, 11) is 0. The Labute approximate surface area is 180 Å². The van der Waals surface area contributed by atoms with Crippen LogP contribution in [0.1, 0.15) is 77.0 Å². The van der Waals surface area contributed by atoms with Gasteiger partial charge in [0.2, 0.25) is 17.7 Å². The Morgan fingerprint density at radius 2 is 0.800 bits per heavy atom. The van der Waals surface area contributed by atoms with E-state index in [4.69, 9.17) is 17.2 Å². The van der Waals surface area contributed by atoms with Gasteiger partial charge in [-0.15, -0.1) is 0 Å². The highest BCUT2D eigenvalue weighted by atomic mass is 16.2. The number of carbonyl (C=O) groups excluding carboxylic acids is 3. The minimum Gasteiger partial charge on any atom is -0.353 e. The second-order valence-corrected chi connectivity index (χ2v) is 8.26. The van der Waals surface area contributed by atoms with Crippen molar-refractivity contribution >= 4 is 17.7 Å². The van der Waals surface area contributed by atoms with Gasteiger partial charge in [0.1, 0.15) is 0 Å². The summed E-state index contributed by atoms with van der Waals surface area (Å²) in [4.78, 5) is 37.7. The molecule has 3 amide bonds. The lowest BCUT2D eigenvalue weighted by Gasteiger charge is -2.26. The van der Waals surface area contributed by atoms with E-state index in [1.54, 1.807) is 0 Å². The fourth-order valence-corrected chi connectivity index (χ4v) is 3.81. The van der Waals surface area contributed by atoms with E-state index >= 15 is 0 Å². The smallest absolute Gasteiger partial charge is 0.222 e. The summed E-state index contributed by atoms with van der Waals surface area (Å²) in [6, 6.07) is -0.685. The molecule has 0 aromatic heterocycles. The van der Waals surface area contributed by atoms with Crippen molar-refractivity contribution in [1.82, 2.24) is 16.0 Å². The van der Waals surface area contributed by atoms with E-state index in [1.807, 2.05) is 0 Å². The molecule has 1 aliphatic rings. The van der Waals surface area contributed by atoms with Crippen LogP contribution in [0.25, 0.3) is 0 Å². The Morgan fingerprint density at radius 3 is 1.03 bits per heavy atom. The van der Waals surface area contributed by atoms with Gasteiger partial charge in [0.05, 0.1) is 0 Å². The van der Waals surface area contributed by atoms with Crippen LogP contribution < -0.4 is 33.2 Å². The number of hydrogen-bond donors (Lipinski definition) is 6. The van der Waals surface area contributed by atoms with Crippen molar-refractivity contribution in [3.8, 4) is 0 Å². The maximum absolute atomic E-state index is 12.6. The molecule has 1 heterocycles. The second kappa shape index (κ2) is 16.0. The van der Waals surface area contributed by atoms with Crippen molar-refractivity contribution in [1.29, 1.82) is 0 Å². The number of carbonyl (C=O) groups is 3. The molecule has 0 bridgehead atoms. The zero-order chi connectivity index (χ0) is 22.2. The van der Waals surface area contributed by atoms with Crippen LogP contribution >= 0.6 is 0 Å². The molecule has 1 aliphatic heterocycles. The van der Waals surface area contributed by atoms with Gasteiger partial charge in [-0.3, -0.25) is 14.4 Å². The molecule has 1 rings (SSSR count). The molecule has 1 saturated heterocycles. The topological polar surface area (TPSA) is 165 Å². The summed E-state index contributed by atoms with van der Waals surface area (Å²) in [5.74, 6) is -0.420. The lowest BCUT2D eigenvalue weighted by molar-refractivity contribution is -0.126. The van der Waals surface area contributed by atoms with E-state index < -0.39 is 0 Å². The average molecular weight is 427 g/mol. The van der Waals surface area contributed by atoms with Gasteiger partial charge < -0.3 is 33.2 Å². The second-order valence-electron chi connectivity index (χ2n) is 8.26. The minimum atomic E-state index is -0.228.